The summed E-state index contributed by atoms with van der Waals surface area (Å²) in [6, 6.07) is 0. The van der Waals surface area contributed by atoms with Crippen molar-refractivity contribution in [2.45, 2.75) is 46.6 Å². The summed E-state index contributed by atoms with van der Waals surface area (Å²) >= 11 is 0. The molecule has 0 unspecified atom stereocenters. The van der Waals surface area contributed by atoms with Crippen molar-refractivity contribution in [2.75, 3.05) is 13.1 Å². The molecule has 0 spiro atoms. The zero-order chi connectivity index (χ0) is 12.7. The van der Waals surface area contributed by atoms with E-state index in [1.807, 2.05) is 0 Å². The van der Waals surface area contributed by atoms with Crippen molar-refractivity contribution in [1.29, 1.82) is 0 Å². The van der Waals surface area contributed by atoms with Crippen LogP contribution < -0.4 is 5.32 Å². The highest BCUT2D eigenvalue weighted by Gasteiger charge is 2.10. The second kappa shape index (κ2) is 7.13. The predicted octanol–water partition coefficient (Wildman–Crippen LogP) is 2.07. The van der Waals surface area contributed by atoms with Crippen molar-refractivity contribution < 1.29 is 0 Å². The molecule has 0 saturated heterocycles. The topological polar surface area (TPSA) is 29.9 Å². The monoisotopic (exact) mass is 233 g/mol. The van der Waals surface area contributed by atoms with Crippen molar-refractivity contribution in [3.05, 3.63) is 17.0 Å². The lowest BCUT2D eigenvalue weighted by molar-refractivity contribution is 0.568. The molecular weight excluding hydrogens is 210 g/mol. The standard InChI is InChI=1S/C14H23N3/c1-5-7-8-11-17-13(4)14(12(3)16-17)9-10-15-6-2/h1,15H,6-11H2,2-4H3. The average molecular weight is 233 g/mol. The second-order valence-electron chi connectivity index (χ2n) is 4.28. The lowest BCUT2D eigenvalue weighted by Crippen LogP contribution is -2.16. The van der Waals surface area contributed by atoms with Gasteiger partial charge in [-0.05, 0) is 45.3 Å². The van der Waals surface area contributed by atoms with Crippen LogP contribution in [0.15, 0.2) is 0 Å². The lowest BCUT2D eigenvalue weighted by Gasteiger charge is -2.05. The fraction of sp³-hybridized carbons (Fsp3) is 0.643. The normalized spacial score (nSPS) is 10.5. The number of nitrogens with one attached hydrogen (secondary N) is 1. The van der Waals surface area contributed by atoms with E-state index in [2.05, 4.69) is 41.8 Å². The molecule has 1 aromatic rings. The van der Waals surface area contributed by atoms with Crippen LogP contribution in [0.4, 0.5) is 0 Å². The summed E-state index contributed by atoms with van der Waals surface area (Å²) in [5, 5.41) is 7.93. The predicted molar refractivity (Wildman–Crippen MR) is 72.0 cm³/mol. The lowest BCUT2D eigenvalue weighted by atomic mass is 10.1. The first-order valence-electron chi connectivity index (χ1n) is 6.37. The quantitative estimate of drug-likeness (QED) is 0.577. The molecule has 0 saturated carbocycles. The number of likely N-dealkylation sites (N-methyl/N-ethyl adjacent to an activating group) is 1. The summed E-state index contributed by atoms with van der Waals surface area (Å²) in [6.45, 7) is 9.34. The molecule has 0 aliphatic carbocycles. The molecule has 17 heavy (non-hydrogen) atoms. The first kappa shape index (κ1) is 13.8. The minimum Gasteiger partial charge on any atom is -0.317 e. The van der Waals surface area contributed by atoms with Gasteiger partial charge in [0, 0.05) is 18.7 Å². The van der Waals surface area contributed by atoms with E-state index in [1.165, 1.54) is 11.3 Å². The van der Waals surface area contributed by atoms with Crippen molar-refractivity contribution >= 4 is 0 Å². The van der Waals surface area contributed by atoms with Crippen LogP contribution in [0.25, 0.3) is 0 Å². The zero-order valence-electron chi connectivity index (χ0n) is 11.2. The molecule has 0 atom stereocenters. The van der Waals surface area contributed by atoms with Crippen LogP contribution in [-0.2, 0) is 13.0 Å². The van der Waals surface area contributed by atoms with Crippen molar-refractivity contribution in [3.8, 4) is 12.3 Å². The van der Waals surface area contributed by atoms with E-state index in [0.29, 0.717) is 0 Å². The van der Waals surface area contributed by atoms with Crippen molar-refractivity contribution in [3.63, 3.8) is 0 Å². The van der Waals surface area contributed by atoms with Gasteiger partial charge in [-0.15, -0.1) is 12.3 Å². The molecule has 1 heterocycles. The van der Waals surface area contributed by atoms with Crippen LogP contribution in [0.2, 0.25) is 0 Å². The maximum absolute atomic E-state index is 5.26. The summed E-state index contributed by atoms with van der Waals surface area (Å²) in [4.78, 5) is 0. The third-order valence-corrected chi connectivity index (χ3v) is 3.02. The van der Waals surface area contributed by atoms with Crippen LogP contribution in [0.5, 0.6) is 0 Å². The first-order valence-corrected chi connectivity index (χ1v) is 6.37. The van der Waals surface area contributed by atoms with Gasteiger partial charge in [-0.2, -0.15) is 5.10 Å². The third-order valence-electron chi connectivity index (χ3n) is 3.02. The molecule has 94 valence electrons. The highest BCUT2D eigenvalue weighted by Crippen LogP contribution is 2.14. The van der Waals surface area contributed by atoms with Gasteiger partial charge < -0.3 is 5.32 Å². The molecule has 0 bridgehead atoms. The number of hydrogen-bond donors (Lipinski definition) is 1. The molecule has 3 nitrogen and oxygen atoms in total. The number of nitrogens with zero attached hydrogens (tertiary/aromatic N) is 2. The molecule has 0 amide bonds. The Hall–Kier alpha value is -1.27. The fourth-order valence-corrected chi connectivity index (χ4v) is 2.03. The Bertz CT molecular complexity index is 385. The van der Waals surface area contributed by atoms with Gasteiger partial charge in [0.1, 0.15) is 0 Å². The number of aryl methyl sites for hydroxylation is 2. The van der Waals surface area contributed by atoms with Crippen molar-refractivity contribution in [2.24, 2.45) is 0 Å². The summed E-state index contributed by atoms with van der Waals surface area (Å²) in [6.07, 6.45) is 8.14. The van der Waals surface area contributed by atoms with E-state index in [1.54, 1.807) is 0 Å². The summed E-state index contributed by atoms with van der Waals surface area (Å²) in [5.74, 6) is 2.67. The van der Waals surface area contributed by atoms with Gasteiger partial charge in [0.05, 0.1) is 5.69 Å². The highest BCUT2D eigenvalue weighted by atomic mass is 15.3. The number of aromatic nitrogens is 2. The smallest absolute Gasteiger partial charge is 0.0628 e. The fourth-order valence-electron chi connectivity index (χ4n) is 2.03. The molecule has 3 heteroatoms. The van der Waals surface area contributed by atoms with Gasteiger partial charge >= 0.3 is 0 Å². The molecular formula is C14H23N3. The Morgan fingerprint density at radius 1 is 1.41 bits per heavy atom. The number of unbranched alkanes of at least 4 members (excludes halogenated alkanes) is 1. The van der Waals surface area contributed by atoms with E-state index in [4.69, 9.17) is 6.42 Å². The molecule has 0 aromatic carbocycles. The van der Waals surface area contributed by atoms with Gasteiger partial charge in [0.2, 0.25) is 0 Å². The second-order valence-corrected chi connectivity index (χ2v) is 4.28. The van der Waals surface area contributed by atoms with E-state index in [-0.39, 0.29) is 0 Å². The molecule has 0 aliphatic heterocycles. The van der Waals surface area contributed by atoms with E-state index in [0.717, 1.165) is 44.6 Å². The largest absolute Gasteiger partial charge is 0.317 e. The summed E-state index contributed by atoms with van der Waals surface area (Å²) < 4.78 is 2.09. The molecule has 1 aromatic heterocycles. The Morgan fingerprint density at radius 3 is 2.82 bits per heavy atom. The van der Waals surface area contributed by atoms with Crippen LogP contribution in [0.1, 0.15) is 36.7 Å². The third kappa shape index (κ3) is 3.90. The SMILES string of the molecule is C#CCCCn1nc(C)c(CCNCC)c1C. The van der Waals surface area contributed by atoms with Crippen LogP contribution in [0.3, 0.4) is 0 Å². The summed E-state index contributed by atoms with van der Waals surface area (Å²) in [7, 11) is 0. The zero-order valence-corrected chi connectivity index (χ0v) is 11.2. The minimum atomic E-state index is 0.824. The molecule has 0 aliphatic rings. The van der Waals surface area contributed by atoms with Gasteiger partial charge in [-0.25, -0.2) is 0 Å². The number of rotatable bonds is 7. The average Bonchev–Trinajstić information content (AvgIpc) is 2.57. The molecule has 1 rings (SSSR count). The minimum absolute atomic E-state index is 0.824. The van der Waals surface area contributed by atoms with Crippen LogP contribution in [0, 0.1) is 26.2 Å². The molecule has 1 N–H and O–H groups in total. The van der Waals surface area contributed by atoms with Crippen LogP contribution >= 0.6 is 0 Å². The van der Waals surface area contributed by atoms with Gasteiger partial charge in [0.15, 0.2) is 0 Å². The van der Waals surface area contributed by atoms with Crippen molar-refractivity contribution in [1.82, 2.24) is 15.1 Å². The summed E-state index contributed by atoms with van der Waals surface area (Å²) in [5.41, 5.74) is 3.82. The Kier molecular flexibility index (Phi) is 5.79. The first-order chi connectivity index (χ1) is 8.20. The van der Waals surface area contributed by atoms with Crippen LogP contribution in [-0.4, -0.2) is 22.9 Å². The highest BCUT2D eigenvalue weighted by molar-refractivity contribution is 5.24. The maximum atomic E-state index is 5.26. The number of terminal acetylenes is 1. The van der Waals surface area contributed by atoms with Gasteiger partial charge in [-0.3, -0.25) is 4.68 Å². The van der Waals surface area contributed by atoms with E-state index in [9.17, 15) is 0 Å². The maximum Gasteiger partial charge on any atom is 0.0628 e. The molecule has 0 fully saturated rings. The number of hydrogen-bond acceptors (Lipinski definition) is 2. The van der Waals surface area contributed by atoms with E-state index < -0.39 is 0 Å². The Balaban J connectivity index is 2.62. The molecule has 0 radical (unpaired) electrons. The van der Waals surface area contributed by atoms with Gasteiger partial charge in [-0.1, -0.05) is 6.92 Å². The Morgan fingerprint density at radius 2 is 2.18 bits per heavy atom. The van der Waals surface area contributed by atoms with Gasteiger partial charge in [0.25, 0.3) is 0 Å². The Labute approximate surface area is 105 Å². The van der Waals surface area contributed by atoms with E-state index >= 15 is 0 Å².